The lowest BCUT2D eigenvalue weighted by atomic mass is 9.84. The lowest BCUT2D eigenvalue weighted by Gasteiger charge is -2.43. The topological polar surface area (TPSA) is 93.2 Å². The van der Waals surface area contributed by atoms with Crippen molar-refractivity contribution >= 4 is 18.2 Å². The van der Waals surface area contributed by atoms with E-state index in [1.165, 1.54) is 0 Å². The van der Waals surface area contributed by atoms with E-state index in [1.54, 1.807) is 4.90 Å². The summed E-state index contributed by atoms with van der Waals surface area (Å²) in [5.74, 6) is -3.68. The molecule has 2 fully saturated rings. The summed E-state index contributed by atoms with van der Waals surface area (Å²) in [5.41, 5.74) is -0.274. The number of hydrogen-bond acceptors (Lipinski definition) is 5. The van der Waals surface area contributed by atoms with Crippen LogP contribution in [-0.2, 0) is 27.3 Å². The normalized spacial score (nSPS) is 20.4. The number of piperidine rings is 1. The van der Waals surface area contributed by atoms with Gasteiger partial charge >= 0.3 is 0 Å². The fourth-order valence-electron chi connectivity index (χ4n) is 6.69. The first-order valence-electron chi connectivity index (χ1n) is 14.8. The van der Waals surface area contributed by atoms with Gasteiger partial charge in [0.1, 0.15) is 11.9 Å². The van der Waals surface area contributed by atoms with Crippen LogP contribution >= 0.6 is 0 Å². The molecule has 0 spiro atoms. The van der Waals surface area contributed by atoms with Gasteiger partial charge in [0.15, 0.2) is 11.6 Å². The van der Waals surface area contributed by atoms with Crippen molar-refractivity contribution in [3.8, 4) is 0 Å². The van der Waals surface area contributed by atoms with Gasteiger partial charge in [0.2, 0.25) is 18.2 Å². The first kappa shape index (κ1) is 31.3. The number of hydrogen-bond donors (Lipinski definition) is 2. The average Bonchev–Trinajstić information content (AvgIpc) is 3.46. The van der Waals surface area contributed by atoms with E-state index in [0.29, 0.717) is 55.9 Å². The minimum atomic E-state index is -1.16. The van der Waals surface area contributed by atoms with Gasteiger partial charge in [-0.25, -0.2) is 18.2 Å². The van der Waals surface area contributed by atoms with Crippen molar-refractivity contribution in [2.75, 3.05) is 26.2 Å². The van der Waals surface area contributed by atoms with Crippen molar-refractivity contribution in [1.29, 1.82) is 0 Å². The van der Waals surface area contributed by atoms with E-state index in [4.69, 9.17) is 0 Å². The number of carbonyl (C=O) groups is 3. The van der Waals surface area contributed by atoms with Gasteiger partial charge in [-0.05, 0) is 42.6 Å². The number of likely N-dealkylation sites (tertiary alicyclic amines) is 1. The molecule has 1 aliphatic carbocycles. The molecule has 1 aromatic carbocycles. The highest BCUT2D eigenvalue weighted by atomic mass is 19.2. The number of halogens is 3. The quantitative estimate of drug-likeness (QED) is 0.199. The molecule has 0 unspecified atom stereocenters. The second-order valence-electron chi connectivity index (χ2n) is 13.0. The number of hydroxylamine groups is 2. The van der Waals surface area contributed by atoms with Crippen LogP contribution in [0.3, 0.4) is 0 Å². The summed E-state index contributed by atoms with van der Waals surface area (Å²) in [6.45, 7) is 7.13. The molecule has 2 N–H and O–H groups in total. The van der Waals surface area contributed by atoms with Gasteiger partial charge in [-0.1, -0.05) is 46.5 Å². The van der Waals surface area contributed by atoms with E-state index in [0.717, 1.165) is 25.7 Å². The van der Waals surface area contributed by atoms with Gasteiger partial charge in [-0.15, -0.1) is 0 Å². The van der Waals surface area contributed by atoms with Crippen LogP contribution in [0.1, 0.15) is 76.8 Å². The first-order valence-corrected chi connectivity index (χ1v) is 14.8. The summed E-state index contributed by atoms with van der Waals surface area (Å²) >= 11 is 0. The van der Waals surface area contributed by atoms with E-state index in [9.17, 15) is 32.8 Å². The van der Waals surface area contributed by atoms with Crippen molar-refractivity contribution in [1.82, 2.24) is 20.2 Å². The van der Waals surface area contributed by atoms with Crippen molar-refractivity contribution < 1.29 is 32.8 Å². The maximum atomic E-state index is 14.4. The minimum absolute atomic E-state index is 0.0667. The molecular formula is C30H43F3N4O4. The molecule has 0 radical (unpaired) electrons. The lowest BCUT2D eigenvalue weighted by molar-refractivity contribution is -0.156. The molecule has 4 rings (SSSR count). The molecule has 3 amide bonds. The van der Waals surface area contributed by atoms with Crippen LogP contribution in [0.15, 0.2) is 6.07 Å². The molecule has 3 aliphatic rings. The zero-order valence-electron chi connectivity index (χ0n) is 24.3. The Morgan fingerprint density at radius 1 is 1.07 bits per heavy atom. The van der Waals surface area contributed by atoms with Gasteiger partial charge in [0.05, 0.1) is 12.5 Å². The van der Waals surface area contributed by atoms with Gasteiger partial charge in [-0.2, -0.15) is 0 Å². The molecular weight excluding hydrogens is 537 g/mol. The van der Waals surface area contributed by atoms with Crippen molar-refractivity contribution in [2.45, 2.75) is 90.8 Å². The molecule has 228 valence electrons. The van der Waals surface area contributed by atoms with E-state index >= 15 is 0 Å². The Hall–Kier alpha value is -2.66. The number of carbonyl (C=O) groups excluding carboxylic acids is 3. The van der Waals surface area contributed by atoms with Crippen LogP contribution in [0.25, 0.3) is 0 Å². The van der Waals surface area contributed by atoms with Crippen molar-refractivity contribution in [3.63, 3.8) is 0 Å². The zero-order chi connectivity index (χ0) is 29.9. The molecule has 2 aliphatic heterocycles. The number of nitrogens with zero attached hydrogens (tertiary/aromatic N) is 3. The molecule has 41 heavy (non-hydrogen) atoms. The highest BCUT2D eigenvalue weighted by Crippen LogP contribution is 2.32. The highest BCUT2D eigenvalue weighted by Gasteiger charge is 2.40. The number of nitrogens with one attached hydrogen (secondary N) is 1. The molecule has 2 atom stereocenters. The van der Waals surface area contributed by atoms with Crippen LogP contribution in [0.2, 0.25) is 0 Å². The Morgan fingerprint density at radius 3 is 2.34 bits per heavy atom. The van der Waals surface area contributed by atoms with E-state index in [1.807, 2.05) is 20.8 Å². The van der Waals surface area contributed by atoms with Crippen LogP contribution in [0.4, 0.5) is 13.2 Å². The predicted octanol–water partition coefficient (Wildman–Crippen LogP) is 4.03. The van der Waals surface area contributed by atoms with Gasteiger partial charge < -0.3 is 10.2 Å². The Bertz CT molecular complexity index is 1110. The smallest absolute Gasteiger partial charge is 0.245 e. The maximum Gasteiger partial charge on any atom is 0.245 e. The molecule has 0 bridgehead atoms. The number of benzene rings is 1. The second kappa shape index (κ2) is 13.1. The average molecular weight is 581 g/mol. The fourth-order valence-corrected chi connectivity index (χ4v) is 6.69. The third kappa shape index (κ3) is 7.41. The highest BCUT2D eigenvalue weighted by molar-refractivity contribution is 5.89. The van der Waals surface area contributed by atoms with Crippen LogP contribution in [-0.4, -0.2) is 76.6 Å². The summed E-state index contributed by atoms with van der Waals surface area (Å²) in [4.78, 5) is 42.1. The van der Waals surface area contributed by atoms with Gasteiger partial charge in [0, 0.05) is 43.9 Å². The number of amides is 3. The largest absolute Gasteiger partial charge is 0.344 e. The molecule has 1 aromatic rings. The summed E-state index contributed by atoms with van der Waals surface area (Å²) in [5, 5.41) is 13.3. The van der Waals surface area contributed by atoms with E-state index in [2.05, 4.69) is 10.2 Å². The summed E-state index contributed by atoms with van der Waals surface area (Å²) in [6, 6.07) is -0.123. The zero-order valence-corrected chi connectivity index (χ0v) is 24.3. The van der Waals surface area contributed by atoms with Crippen molar-refractivity contribution in [2.24, 2.45) is 17.3 Å². The Labute approximate surface area is 240 Å². The maximum absolute atomic E-state index is 14.4. The summed E-state index contributed by atoms with van der Waals surface area (Å²) in [6.07, 6.45) is 6.55. The van der Waals surface area contributed by atoms with Crippen LogP contribution in [0.5, 0.6) is 0 Å². The van der Waals surface area contributed by atoms with Crippen molar-refractivity contribution in [3.05, 3.63) is 34.6 Å². The Kier molecular flexibility index (Phi) is 10.00. The Morgan fingerprint density at radius 2 is 1.73 bits per heavy atom. The third-order valence-corrected chi connectivity index (χ3v) is 9.08. The predicted molar refractivity (Wildman–Crippen MR) is 146 cm³/mol. The molecule has 1 saturated heterocycles. The molecule has 1 saturated carbocycles. The van der Waals surface area contributed by atoms with E-state index in [-0.39, 0.29) is 54.9 Å². The van der Waals surface area contributed by atoms with E-state index < -0.39 is 34.8 Å². The van der Waals surface area contributed by atoms with Gasteiger partial charge in [-0.3, -0.25) is 24.5 Å². The van der Waals surface area contributed by atoms with Crippen LogP contribution < -0.4 is 5.32 Å². The molecule has 8 nitrogen and oxygen atoms in total. The number of rotatable bonds is 9. The summed E-state index contributed by atoms with van der Waals surface area (Å²) in [7, 11) is 0. The first-order chi connectivity index (χ1) is 19.4. The van der Waals surface area contributed by atoms with Gasteiger partial charge in [0.25, 0.3) is 0 Å². The third-order valence-electron chi connectivity index (χ3n) is 9.08. The molecule has 0 aromatic heterocycles. The standard InChI is InChI=1S/C30H43F3N4O4/c1-30(2,3)27(34-28(39)20(16-37(41)18-38)14-19-6-4-5-7-19)29(40)35-11-8-21(9-12-35)36-13-10-22-23(17-36)24(31)15-25(32)26(22)33/h15,18-21,27,41H,4-14,16-17H2,1-3H3,(H,34,39)/t20-,27-/m1/s1. The SMILES string of the molecule is CC(C)(C)[C@H](NC(=O)[C@H](CC1CCCC1)CN(O)C=O)C(=O)N1CCC(N2CCc3c(F)c(F)cc(F)c3C2)CC1. The molecule has 11 heteroatoms. The second-order valence-corrected chi connectivity index (χ2v) is 13.0. The minimum Gasteiger partial charge on any atom is -0.344 e. The molecule has 2 heterocycles. The fraction of sp³-hybridized carbons (Fsp3) is 0.700. The van der Waals surface area contributed by atoms with Crippen LogP contribution in [0, 0.1) is 34.7 Å². The summed E-state index contributed by atoms with van der Waals surface area (Å²) < 4.78 is 42.3. The number of fused-ring (bicyclic) bond motifs is 1. The Balaban J connectivity index is 1.38. The monoisotopic (exact) mass is 580 g/mol. The lowest BCUT2D eigenvalue weighted by Crippen LogP contribution is -2.58.